The van der Waals surface area contributed by atoms with Crippen molar-refractivity contribution >= 4 is 18.2 Å². The molecule has 1 fully saturated rings. The smallest absolute Gasteiger partial charge is 0.450 e. The van der Waals surface area contributed by atoms with Crippen molar-refractivity contribution in [2.75, 3.05) is 13.3 Å². The number of esters is 1. The first kappa shape index (κ1) is 21.0. The van der Waals surface area contributed by atoms with Crippen LogP contribution >= 0.6 is 0 Å². The zero-order valence-corrected chi connectivity index (χ0v) is 14.0. The van der Waals surface area contributed by atoms with Gasteiger partial charge in [-0.25, -0.2) is 9.59 Å². The van der Waals surface area contributed by atoms with E-state index in [1.54, 1.807) is 20.8 Å². The lowest BCUT2D eigenvalue weighted by Crippen LogP contribution is -2.32. The third-order valence-corrected chi connectivity index (χ3v) is 3.25. The fraction of sp³-hybridized carbons (Fsp3) is 0.800. The highest BCUT2D eigenvalue weighted by Gasteiger charge is 2.23. The van der Waals surface area contributed by atoms with Crippen molar-refractivity contribution in [1.29, 1.82) is 0 Å². The predicted molar refractivity (Wildman–Crippen MR) is 82.1 cm³/mol. The van der Waals surface area contributed by atoms with E-state index in [9.17, 15) is 9.59 Å². The molecule has 1 aliphatic rings. The Morgan fingerprint density at radius 3 is 2.04 bits per heavy atom. The molecule has 0 aromatic rings. The van der Waals surface area contributed by atoms with Gasteiger partial charge in [0.25, 0.3) is 0 Å². The molecule has 0 aromatic heterocycles. The number of ether oxygens (including phenoxy) is 2. The van der Waals surface area contributed by atoms with E-state index in [2.05, 4.69) is 5.32 Å². The Morgan fingerprint density at radius 2 is 1.57 bits per heavy atom. The van der Waals surface area contributed by atoms with Crippen molar-refractivity contribution in [3.63, 3.8) is 0 Å². The molecule has 0 saturated heterocycles. The molecule has 1 amide bonds. The molecule has 8 heteroatoms. The van der Waals surface area contributed by atoms with Gasteiger partial charge in [0.1, 0.15) is 0 Å². The normalized spacial score (nSPS) is 14.9. The molecular formula is C15H27NO7. The Bertz CT molecular complexity index is 380. The van der Waals surface area contributed by atoms with E-state index in [0.717, 1.165) is 0 Å². The van der Waals surface area contributed by atoms with Crippen LogP contribution in [-0.2, 0) is 14.3 Å². The monoisotopic (exact) mass is 333 g/mol. The van der Waals surface area contributed by atoms with Gasteiger partial charge >= 0.3 is 18.2 Å². The number of carboxylic acid groups (broad SMARTS) is 2. The minimum absolute atomic E-state index is 0.327. The van der Waals surface area contributed by atoms with Crippen LogP contribution in [0.15, 0.2) is 0 Å². The Labute approximate surface area is 136 Å². The van der Waals surface area contributed by atoms with Crippen LogP contribution in [0.25, 0.3) is 0 Å². The van der Waals surface area contributed by atoms with Crippen LogP contribution in [0.1, 0.15) is 52.9 Å². The molecule has 0 aliphatic heterocycles. The molecule has 8 nitrogen and oxygen atoms in total. The van der Waals surface area contributed by atoms with Crippen molar-refractivity contribution in [2.45, 2.75) is 52.9 Å². The SMILES string of the molecule is CC(C)(C)C(=O)OCOC(=O)NCC1CCCCC1.O=C(O)O. The summed E-state index contributed by atoms with van der Waals surface area (Å²) in [6.45, 7) is 5.56. The molecule has 1 saturated carbocycles. The van der Waals surface area contributed by atoms with E-state index in [1.807, 2.05) is 0 Å². The first-order valence-corrected chi connectivity index (χ1v) is 7.62. The summed E-state index contributed by atoms with van der Waals surface area (Å²) in [7, 11) is 0. The van der Waals surface area contributed by atoms with Gasteiger partial charge in [-0.3, -0.25) is 4.79 Å². The summed E-state index contributed by atoms with van der Waals surface area (Å²) >= 11 is 0. The molecule has 0 atom stereocenters. The fourth-order valence-electron chi connectivity index (χ4n) is 2.02. The molecule has 134 valence electrons. The maximum absolute atomic E-state index is 11.4. The van der Waals surface area contributed by atoms with Crippen LogP contribution in [0.2, 0.25) is 0 Å². The van der Waals surface area contributed by atoms with Gasteiger partial charge in [-0.15, -0.1) is 0 Å². The van der Waals surface area contributed by atoms with E-state index < -0.39 is 17.7 Å². The van der Waals surface area contributed by atoms with Gasteiger partial charge in [-0.05, 0) is 39.5 Å². The lowest BCUT2D eigenvalue weighted by molar-refractivity contribution is -0.161. The summed E-state index contributed by atoms with van der Waals surface area (Å²) in [6.07, 6.45) is 3.75. The molecule has 1 rings (SSSR count). The molecule has 0 heterocycles. The molecular weight excluding hydrogens is 306 g/mol. The molecule has 1 aliphatic carbocycles. The number of carbonyl (C=O) groups is 3. The average Bonchev–Trinajstić information content (AvgIpc) is 2.44. The van der Waals surface area contributed by atoms with Gasteiger partial charge < -0.3 is 25.0 Å². The molecule has 0 radical (unpaired) electrons. The number of hydrogen-bond donors (Lipinski definition) is 3. The number of rotatable bonds is 4. The standard InChI is InChI=1S/C14H25NO4.CH2O3/c1-14(2,3)12(16)18-10-19-13(17)15-9-11-7-5-4-6-8-11;2-1(3)4/h11H,4-10H2,1-3H3,(H,15,17);(H2,2,3,4). The summed E-state index contributed by atoms with van der Waals surface area (Å²) in [6, 6.07) is 0. The molecule has 0 aromatic carbocycles. The maximum Gasteiger partial charge on any atom is 0.503 e. The van der Waals surface area contributed by atoms with Crippen LogP contribution in [0.4, 0.5) is 9.59 Å². The van der Waals surface area contributed by atoms with Crippen LogP contribution in [0.3, 0.4) is 0 Å². The Morgan fingerprint density at radius 1 is 1.04 bits per heavy atom. The summed E-state index contributed by atoms with van der Waals surface area (Å²) in [5.41, 5.74) is -0.581. The van der Waals surface area contributed by atoms with Crippen LogP contribution in [0, 0.1) is 11.3 Å². The molecule has 0 bridgehead atoms. The Balaban J connectivity index is 0.00000108. The van der Waals surface area contributed by atoms with E-state index in [1.165, 1.54) is 32.1 Å². The van der Waals surface area contributed by atoms with E-state index in [4.69, 9.17) is 24.5 Å². The summed E-state index contributed by atoms with van der Waals surface area (Å²) in [4.78, 5) is 31.4. The first-order valence-electron chi connectivity index (χ1n) is 7.62. The van der Waals surface area contributed by atoms with Crippen LogP contribution < -0.4 is 5.32 Å². The molecule has 0 spiro atoms. The number of alkyl carbamates (subject to hydrolysis) is 1. The number of hydrogen-bond acceptors (Lipinski definition) is 5. The van der Waals surface area contributed by atoms with Crippen LogP contribution in [0.5, 0.6) is 0 Å². The topological polar surface area (TPSA) is 122 Å². The third kappa shape index (κ3) is 12.3. The average molecular weight is 333 g/mol. The Hall–Kier alpha value is -1.99. The third-order valence-electron chi connectivity index (χ3n) is 3.25. The Kier molecular flexibility index (Phi) is 9.76. The molecule has 23 heavy (non-hydrogen) atoms. The second kappa shape index (κ2) is 10.7. The van der Waals surface area contributed by atoms with E-state index in [0.29, 0.717) is 12.5 Å². The van der Waals surface area contributed by atoms with Gasteiger partial charge in [0, 0.05) is 6.54 Å². The molecule has 0 unspecified atom stereocenters. The van der Waals surface area contributed by atoms with Crippen molar-refractivity contribution in [3.05, 3.63) is 0 Å². The largest absolute Gasteiger partial charge is 0.503 e. The highest BCUT2D eigenvalue weighted by molar-refractivity contribution is 5.75. The second-order valence-electron chi connectivity index (χ2n) is 6.40. The highest BCUT2D eigenvalue weighted by atomic mass is 16.7. The maximum atomic E-state index is 11.4. The minimum Gasteiger partial charge on any atom is -0.450 e. The van der Waals surface area contributed by atoms with Gasteiger partial charge in [-0.1, -0.05) is 19.3 Å². The highest BCUT2D eigenvalue weighted by Crippen LogP contribution is 2.22. The minimum atomic E-state index is -1.83. The van der Waals surface area contributed by atoms with E-state index >= 15 is 0 Å². The number of amides is 1. The van der Waals surface area contributed by atoms with E-state index in [-0.39, 0.29) is 12.8 Å². The summed E-state index contributed by atoms with van der Waals surface area (Å²) < 4.78 is 9.65. The van der Waals surface area contributed by atoms with Crippen molar-refractivity contribution < 1.29 is 34.1 Å². The summed E-state index contributed by atoms with van der Waals surface area (Å²) in [5, 5.41) is 16.7. The zero-order chi connectivity index (χ0) is 17.9. The van der Waals surface area contributed by atoms with Gasteiger partial charge in [0.15, 0.2) is 0 Å². The second-order valence-corrected chi connectivity index (χ2v) is 6.40. The zero-order valence-electron chi connectivity index (χ0n) is 14.0. The number of carbonyl (C=O) groups excluding carboxylic acids is 2. The van der Waals surface area contributed by atoms with Gasteiger partial charge in [-0.2, -0.15) is 0 Å². The molecule has 3 N–H and O–H groups in total. The summed E-state index contributed by atoms with van der Waals surface area (Å²) in [5.74, 6) is 0.172. The quantitative estimate of drug-likeness (QED) is 0.533. The number of nitrogens with one attached hydrogen (secondary N) is 1. The predicted octanol–water partition coefficient (Wildman–Crippen LogP) is 3.06. The van der Waals surface area contributed by atoms with Crippen LogP contribution in [-0.4, -0.2) is 41.8 Å². The fourth-order valence-corrected chi connectivity index (χ4v) is 2.02. The van der Waals surface area contributed by atoms with Gasteiger partial charge in [0.2, 0.25) is 6.79 Å². The van der Waals surface area contributed by atoms with Crippen molar-refractivity contribution in [2.24, 2.45) is 11.3 Å². The lowest BCUT2D eigenvalue weighted by Gasteiger charge is -2.21. The van der Waals surface area contributed by atoms with Gasteiger partial charge in [0.05, 0.1) is 5.41 Å². The van der Waals surface area contributed by atoms with Crippen molar-refractivity contribution in [3.8, 4) is 0 Å². The first-order chi connectivity index (χ1) is 10.6. The lowest BCUT2D eigenvalue weighted by atomic mass is 9.89. The van der Waals surface area contributed by atoms with Crippen molar-refractivity contribution in [1.82, 2.24) is 5.32 Å².